The fourth-order valence-corrected chi connectivity index (χ4v) is 7.73. The molecule has 2 saturated heterocycles. The summed E-state index contributed by atoms with van der Waals surface area (Å²) in [6, 6.07) is 10.1. The van der Waals surface area contributed by atoms with Gasteiger partial charge in [0.1, 0.15) is 5.60 Å². The average Bonchev–Trinajstić information content (AvgIpc) is 3.46. The van der Waals surface area contributed by atoms with Crippen molar-refractivity contribution < 1.29 is 22.8 Å². The van der Waals surface area contributed by atoms with E-state index in [2.05, 4.69) is 60.0 Å². The molecule has 2 aliphatic rings. The third kappa shape index (κ3) is 5.70. The zero-order chi connectivity index (χ0) is 29.4. The maximum absolute atomic E-state index is 12.5. The van der Waals surface area contributed by atoms with Gasteiger partial charge in [-0.05, 0) is 43.0 Å². The standard InChI is InChI=1S/C30H41N5O5S/c1-21(2)22-6-8-25(9-7-22)30(36,29(3)19-34(4)20-29)26-16-24(17-31-18-26)28-32-27(33-40-28)23-10-12-35(13-11-23)41(37,38)15-14-39-5/h6-9,16-18,21,23,36H,10-15,19-20H2,1-5H3. The van der Waals surface area contributed by atoms with Crippen LogP contribution >= 0.6 is 0 Å². The number of benzene rings is 1. The second-order valence-corrected chi connectivity index (χ2v) is 14.2. The number of likely N-dealkylation sites (tertiary alicyclic amines) is 1. The fourth-order valence-electron chi connectivity index (χ4n) is 6.33. The van der Waals surface area contributed by atoms with Crippen molar-refractivity contribution in [3.63, 3.8) is 0 Å². The zero-order valence-corrected chi connectivity index (χ0v) is 25.4. The number of hydrogen-bond acceptors (Lipinski definition) is 9. The average molecular weight is 584 g/mol. The molecule has 222 valence electrons. The largest absolute Gasteiger partial charge is 0.384 e. The van der Waals surface area contributed by atoms with Gasteiger partial charge in [0.15, 0.2) is 5.82 Å². The second kappa shape index (κ2) is 11.5. The number of aromatic nitrogens is 3. The van der Waals surface area contributed by atoms with Crippen LogP contribution in [-0.2, 0) is 20.4 Å². The summed E-state index contributed by atoms with van der Waals surface area (Å²) in [6.45, 7) is 8.91. The molecule has 41 heavy (non-hydrogen) atoms. The second-order valence-electron chi connectivity index (χ2n) is 12.1. The van der Waals surface area contributed by atoms with Crippen LogP contribution in [-0.4, -0.2) is 90.6 Å². The lowest BCUT2D eigenvalue weighted by atomic mass is 9.62. The molecule has 0 radical (unpaired) electrons. The molecule has 1 unspecified atom stereocenters. The van der Waals surface area contributed by atoms with Gasteiger partial charge in [-0.15, -0.1) is 0 Å². The number of pyridine rings is 1. The molecule has 4 heterocycles. The first-order chi connectivity index (χ1) is 19.5. The number of sulfonamides is 1. The van der Waals surface area contributed by atoms with Gasteiger partial charge in [0.05, 0.1) is 17.9 Å². The molecule has 2 aromatic heterocycles. The monoisotopic (exact) mass is 583 g/mol. The Morgan fingerprint density at radius 2 is 1.83 bits per heavy atom. The van der Waals surface area contributed by atoms with Crippen molar-refractivity contribution in [2.24, 2.45) is 5.41 Å². The third-order valence-corrected chi connectivity index (χ3v) is 10.5. The number of hydrogen-bond donors (Lipinski definition) is 1. The maximum atomic E-state index is 12.5. The molecule has 2 fully saturated rings. The van der Waals surface area contributed by atoms with Crippen LogP contribution < -0.4 is 0 Å². The predicted octanol–water partition coefficient (Wildman–Crippen LogP) is 3.60. The molecule has 0 spiro atoms. The molecule has 5 rings (SSSR count). The summed E-state index contributed by atoms with van der Waals surface area (Å²) in [5, 5.41) is 16.8. The van der Waals surface area contributed by atoms with Gasteiger partial charge in [-0.1, -0.05) is 50.2 Å². The highest BCUT2D eigenvalue weighted by atomic mass is 32.2. The molecule has 0 amide bonds. The molecular weight excluding hydrogens is 542 g/mol. The van der Waals surface area contributed by atoms with Crippen LogP contribution in [0.25, 0.3) is 11.5 Å². The minimum Gasteiger partial charge on any atom is -0.384 e. The highest BCUT2D eigenvalue weighted by molar-refractivity contribution is 7.89. The Hall–Kier alpha value is -2.70. The fraction of sp³-hybridized carbons (Fsp3) is 0.567. The van der Waals surface area contributed by atoms with E-state index in [1.165, 1.54) is 17.0 Å². The molecule has 3 aromatic rings. The van der Waals surface area contributed by atoms with Crippen molar-refractivity contribution in [3.8, 4) is 11.5 Å². The number of rotatable bonds is 10. The van der Waals surface area contributed by atoms with Gasteiger partial charge in [-0.25, -0.2) is 12.7 Å². The molecule has 0 bridgehead atoms. The minimum atomic E-state index is -3.34. The summed E-state index contributed by atoms with van der Waals surface area (Å²) in [5.74, 6) is 1.27. The SMILES string of the molecule is COCCS(=O)(=O)N1CCC(c2noc(-c3cncc(C(O)(c4ccc(C(C)C)cc4)C4(C)CN(C)C4)c3)n2)CC1. The summed E-state index contributed by atoms with van der Waals surface area (Å²) in [5.41, 5.74) is 1.66. The first kappa shape index (κ1) is 29.8. The van der Waals surface area contributed by atoms with Crippen LogP contribution in [0.5, 0.6) is 0 Å². The van der Waals surface area contributed by atoms with Gasteiger partial charge in [0.2, 0.25) is 10.0 Å². The lowest BCUT2D eigenvalue weighted by molar-refractivity contribution is -0.127. The van der Waals surface area contributed by atoms with E-state index in [1.54, 1.807) is 12.4 Å². The Balaban J connectivity index is 1.39. The van der Waals surface area contributed by atoms with Gasteiger partial charge >= 0.3 is 0 Å². The first-order valence-electron chi connectivity index (χ1n) is 14.2. The molecule has 1 atom stereocenters. The molecule has 0 aliphatic carbocycles. The van der Waals surface area contributed by atoms with Crippen molar-refractivity contribution in [1.29, 1.82) is 0 Å². The number of nitrogens with zero attached hydrogens (tertiary/aromatic N) is 5. The van der Waals surface area contributed by atoms with Crippen molar-refractivity contribution >= 4 is 10.0 Å². The normalized spacial score (nSPS) is 20.2. The summed E-state index contributed by atoms with van der Waals surface area (Å²) >= 11 is 0. The van der Waals surface area contributed by atoms with Gasteiger partial charge in [-0.2, -0.15) is 4.98 Å². The van der Waals surface area contributed by atoms with E-state index < -0.39 is 21.0 Å². The van der Waals surface area contributed by atoms with Crippen LogP contribution in [0.2, 0.25) is 0 Å². The van der Waals surface area contributed by atoms with Crippen molar-refractivity contribution in [2.45, 2.75) is 51.0 Å². The lowest BCUT2D eigenvalue weighted by Crippen LogP contribution is -2.63. The minimum absolute atomic E-state index is 0.00153. The highest BCUT2D eigenvalue weighted by Crippen LogP contribution is 2.50. The Kier molecular flexibility index (Phi) is 8.37. The van der Waals surface area contributed by atoms with E-state index in [0.29, 0.717) is 54.7 Å². The molecule has 10 nitrogen and oxygen atoms in total. The Bertz CT molecular complexity index is 1440. The lowest BCUT2D eigenvalue weighted by Gasteiger charge is -2.55. The first-order valence-corrected chi connectivity index (χ1v) is 15.9. The van der Waals surface area contributed by atoms with E-state index in [4.69, 9.17) is 9.26 Å². The molecule has 2 aliphatic heterocycles. The van der Waals surface area contributed by atoms with Crippen LogP contribution in [0.4, 0.5) is 0 Å². The van der Waals surface area contributed by atoms with E-state index in [-0.39, 0.29) is 18.3 Å². The molecule has 0 saturated carbocycles. The number of aliphatic hydroxyl groups is 1. The van der Waals surface area contributed by atoms with Crippen molar-refractivity contribution in [3.05, 3.63) is 65.2 Å². The Morgan fingerprint density at radius 3 is 2.44 bits per heavy atom. The quantitative estimate of drug-likeness (QED) is 0.382. The number of piperidine rings is 1. The molecule has 1 N–H and O–H groups in total. The summed E-state index contributed by atoms with van der Waals surface area (Å²) < 4.78 is 37.2. The molecule has 1 aromatic carbocycles. The predicted molar refractivity (Wildman–Crippen MR) is 156 cm³/mol. The van der Waals surface area contributed by atoms with E-state index in [9.17, 15) is 13.5 Å². The Morgan fingerprint density at radius 1 is 1.15 bits per heavy atom. The maximum Gasteiger partial charge on any atom is 0.259 e. The zero-order valence-electron chi connectivity index (χ0n) is 24.6. The molecular formula is C30H41N5O5S. The van der Waals surface area contributed by atoms with E-state index in [0.717, 1.165) is 18.7 Å². The summed E-state index contributed by atoms with van der Waals surface area (Å²) in [6.07, 6.45) is 4.62. The smallest absolute Gasteiger partial charge is 0.259 e. The number of methoxy groups -OCH3 is 1. The summed E-state index contributed by atoms with van der Waals surface area (Å²) in [4.78, 5) is 11.4. The van der Waals surface area contributed by atoms with Crippen LogP contribution in [0.3, 0.4) is 0 Å². The van der Waals surface area contributed by atoms with Crippen molar-refractivity contribution in [1.82, 2.24) is 24.3 Å². The van der Waals surface area contributed by atoms with Crippen LogP contribution in [0, 0.1) is 5.41 Å². The van der Waals surface area contributed by atoms with Crippen LogP contribution in [0.15, 0.2) is 47.2 Å². The van der Waals surface area contributed by atoms with Crippen molar-refractivity contribution in [2.75, 3.05) is 52.7 Å². The van der Waals surface area contributed by atoms with E-state index in [1.807, 2.05) is 18.2 Å². The summed E-state index contributed by atoms with van der Waals surface area (Å²) in [7, 11) is 0.210. The van der Waals surface area contributed by atoms with E-state index >= 15 is 0 Å². The number of ether oxygens (including phenoxy) is 1. The van der Waals surface area contributed by atoms with Gasteiger partial charge in [0, 0.05) is 62.6 Å². The highest BCUT2D eigenvalue weighted by Gasteiger charge is 2.55. The van der Waals surface area contributed by atoms with Gasteiger partial charge < -0.3 is 19.3 Å². The van der Waals surface area contributed by atoms with Gasteiger partial charge in [-0.3, -0.25) is 4.98 Å². The third-order valence-electron chi connectivity index (χ3n) is 8.71. The van der Waals surface area contributed by atoms with Gasteiger partial charge in [0.25, 0.3) is 5.89 Å². The van der Waals surface area contributed by atoms with Crippen LogP contribution in [0.1, 0.15) is 68.0 Å². The topological polar surface area (TPSA) is 122 Å². The Labute approximate surface area is 242 Å². The molecule has 11 heteroatoms.